The van der Waals surface area contributed by atoms with Gasteiger partial charge in [0.15, 0.2) is 0 Å². The molecule has 3 aliphatic rings. The van der Waals surface area contributed by atoms with Crippen molar-refractivity contribution < 1.29 is 14.3 Å². The molecule has 2 aliphatic carbocycles. The van der Waals surface area contributed by atoms with E-state index < -0.39 is 12.0 Å². The van der Waals surface area contributed by atoms with Crippen LogP contribution in [0.4, 0.5) is 11.8 Å². The van der Waals surface area contributed by atoms with Crippen LogP contribution in [0.2, 0.25) is 0 Å². The second-order valence-electron chi connectivity index (χ2n) is 14.4. The van der Waals surface area contributed by atoms with Crippen LogP contribution in [-0.4, -0.2) is 99.2 Å². The fraction of sp³-hybridized carbons (Fsp3) is 0.778. The Balaban J connectivity index is 0.908. The summed E-state index contributed by atoms with van der Waals surface area (Å²) in [4.78, 5) is 36.0. The first kappa shape index (κ1) is 37.9. The summed E-state index contributed by atoms with van der Waals surface area (Å²) < 4.78 is 7.35. The van der Waals surface area contributed by atoms with Crippen LogP contribution in [0.1, 0.15) is 108 Å². The largest absolute Gasteiger partial charge is 0.464 e. The highest BCUT2D eigenvalue weighted by Crippen LogP contribution is 2.24. The minimum atomic E-state index is -0.755. The van der Waals surface area contributed by atoms with Crippen molar-refractivity contribution in [3.63, 3.8) is 0 Å². The zero-order chi connectivity index (χ0) is 34.8. The predicted octanol–water partition coefficient (Wildman–Crippen LogP) is 3.61. The molecule has 0 aromatic carbocycles. The van der Waals surface area contributed by atoms with Gasteiger partial charge in [-0.2, -0.15) is 4.98 Å². The van der Waals surface area contributed by atoms with Gasteiger partial charge >= 0.3 is 5.97 Å². The maximum atomic E-state index is 12.8. The maximum absolute atomic E-state index is 12.8. The zero-order valence-corrected chi connectivity index (χ0v) is 30.0. The van der Waals surface area contributed by atoms with Crippen molar-refractivity contribution in [2.24, 2.45) is 11.7 Å². The van der Waals surface area contributed by atoms with Crippen molar-refractivity contribution in [1.82, 2.24) is 40.5 Å². The molecule has 1 aliphatic heterocycles. The van der Waals surface area contributed by atoms with Gasteiger partial charge in [0.1, 0.15) is 17.6 Å². The summed E-state index contributed by atoms with van der Waals surface area (Å²) in [5.41, 5.74) is 6.89. The maximum Gasteiger partial charge on any atom is 0.322 e. The average molecular weight is 696 g/mol. The molecule has 0 bridgehead atoms. The summed E-state index contributed by atoms with van der Waals surface area (Å²) >= 11 is 0. The van der Waals surface area contributed by atoms with Crippen LogP contribution in [0, 0.1) is 5.92 Å². The number of hydrogen-bond acceptors (Lipinski definition) is 12. The number of carbonyl (C=O) groups is 2. The number of esters is 1. The fourth-order valence-corrected chi connectivity index (χ4v) is 7.24. The van der Waals surface area contributed by atoms with E-state index >= 15 is 0 Å². The third-order valence-corrected chi connectivity index (χ3v) is 10.3. The van der Waals surface area contributed by atoms with Gasteiger partial charge in [-0.1, -0.05) is 43.7 Å². The van der Waals surface area contributed by atoms with E-state index in [1.54, 1.807) is 6.20 Å². The van der Waals surface area contributed by atoms with Gasteiger partial charge < -0.3 is 36.6 Å². The standard InChI is InChI=1S/C36H61N11O3/c37-32(35(49)50-27-28-9-3-1-4-10-28)13-14-34(48)46-23-16-30(17-24-46)42-33-15-21-40-36(43-33)41-25-31-26-47(45-44-31)22-8-19-38-18-7-20-39-29-11-5-2-6-12-29/h15,21,26,28-30,32,38-39H,1-14,16-20,22-25,27,37H2,(H2,40,41,42,43)/t32-/m0/s1. The van der Waals surface area contributed by atoms with Gasteiger partial charge in [-0.25, -0.2) is 4.98 Å². The number of amides is 1. The number of nitrogens with two attached hydrogens (primary N) is 1. The molecular formula is C36H61N11O3. The first-order valence-corrected chi connectivity index (χ1v) is 19.4. The summed E-state index contributed by atoms with van der Waals surface area (Å²) in [7, 11) is 0. The van der Waals surface area contributed by atoms with Crippen LogP contribution in [0.5, 0.6) is 0 Å². The van der Waals surface area contributed by atoms with Gasteiger partial charge in [-0.05, 0) is 89.4 Å². The Bertz CT molecular complexity index is 1270. The molecule has 50 heavy (non-hydrogen) atoms. The lowest BCUT2D eigenvalue weighted by atomic mass is 9.90. The van der Waals surface area contributed by atoms with Crippen molar-refractivity contribution in [3.05, 3.63) is 24.2 Å². The molecule has 14 heteroatoms. The normalized spacial score (nSPS) is 18.5. The van der Waals surface area contributed by atoms with Crippen LogP contribution in [0.25, 0.3) is 0 Å². The molecule has 5 rings (SSSR count). The highest BCUT2D eigenvalue weighted by molar-refractivity contribution is 5.79. The Hall–Kier alpha value is -3.36. The number of nitrogens with zero attached hydrogens (tertiary/aromatic N) is 6. The van der Waals surface area contributed by atoms with Crippen molar-refractivity contribution in [3.8, 4) is 0 Å². The number of carbonyl (C=O) groups excluding carboxylic acids is 2. The third kappa shape index (κ3) is 13.4. The summed E-state index contributed by atoms with van der Waals surface area (Å²) in [6, 6.07) is 2.04. The number of hydrogen-bond donors (Lipinski definition) is 5. The van der Waals surface area contributed by atoms with Gasteiger partial charge in [-0.15, -0.1) is 5.10 Å². The van der Waals surface area contributed by atoms with E-state index in [9.17, 15) is 9.59 Å². The van der Waals surface area contributed by atoms with Gasteiger partial charge in [0, 0.05) is 44.3 Å². The molecule has 278 valence electrons. The molecule has 2 aromatic heterocycles. The Morgan fingerprint density at radius 1 is 0.940 bits per heavy atom. The van der Waals surface area contributed by atoms with E-state index in [4.69, 9.17) is 10.5 Å². The SMILES string of the molecule is N[C@@H](CCC(=O)N1CCC(Nc2ccnc(NCc3cn(CCCNCCCNC4CCCCC4)nn3)n2)CC1)C(=O)OCC1CCCCC1. The number of rotatable bonds is 20. The second-order valence-corrected chi connectivity index (χ2v) is 14.4. The summed E-state index contributed by atoms with van der Waals surface area (Å²) in [5.74, 6) is 1.36. The average Bonchev–Trinajstić information content (AvgIpc) is 3.62. The third-order valence-electron chi connectivity index (χ3n) is 10.3. The number of ether oxygens (including phenoxy) is 1. The summed E-state index contributed by atoms with van der Waals surface area (Å²) in [5, 5.41) is 22.6. The molecule has 0 radical (unpaired) electrons. The Labute approximate surface area is 297 Å². The molecule has 1 saturated heterocycles. The van der Waals surface area contributed by atoms with E-state index in [2.05, 4.69) is 41.5 Å². The van der Waals surface area contributed by atoms with Gasteiger partial charge in [0.25, 0.3) is 0 Å². The number of nitrogens with one attached hydrogen (secondary N) is 4. The Morgan fingerprint density at radius 2 is 1.70 bits per heavy atom. The van der Waals surface area contributed by atoms with E-state index in [0.717, 1.165) is 82.3 Å². The van der Waals surface area contributed by atoms with E-state index in [-0.39, 0.29) is 18.4 Å². The molecule has 1 amide bonds. The molecule has 3 heterocycles. The summed E-state index contributed by atoms with van der Waals surface area (Å²) in [6.45, 7) is 6.16. The number of piperidine rings is 1. The highest BCUT2D eigenvalue weighted by Gasteiger charge is 2.25. The molecule has 14 nitrogen and oxygen atoms in total. The molecule has 1 atom stereocenters. The molecule has 0 unspecified atom stereocenters. The lowest BCUT2D eigenvalue weighted by Crippen LogP contribution is -2.43. The monoisotopic (exact) mass is 695 g/mol. The Morgan fingerprint density at radius 3 is 2.50 bits per heavy atom. The molecule has 3 fully saturated rings. The minimum absolute atomic E-state index is 0.0362. The van der Waals surface area contributed by atoms with Gasteiger partial charge in [0.2, 0.25) is 11.9 Å². The van der Waals surface area contributed by atoms with E-state index in [1.807, 2.05) is 21.8 Å². The smallest absolute Gasteiger partial charge is 0.322 e. The highest BCUT2D eigenvalue weighted by atomic mass is 16.5. The van der Waals surface area contributed by atoms with Crippen LogP contribution >= 0.6 is 0 Å². The zero-order valence-electron chi connectivity index (χ0n) is 30.0. The fourth-order valence-electron chi connectivity index (χ4n) is 7.24. The molecule has 6 N–H and O–H groups in total. The van der Waals surface area contributed by atoms with Crippen molar-refractivity contribution in [2.45, 2.75) is 134 Å². The molecule has 0 spiro atoms. The molecular weight excluding hydrogens is 634 g/mol. The predicted molar refractivity (Wildman–Crippen MR) is 194 cm³/mol. The van der Waals surface area contributed by atoms with Gasteiger partial charge in [-0.3, -0.25) is 14.3 Å². The lowest BCUT2D eigenvalue weighted by Gasteiger charge is -2.33. The number of likely N-dealkylation sites (tertiary alicyclic amines) is 1. The quantitative estimate of drug-likeness (QED) is 0.101. The number of anilines is 2. The summed E-state index contributed by atoms with van der Waals surface area (Å²) in [6.07, 6.45) is 20.8. The Kier molecular flexibility index (Phi) is 16.0. The number of aromatic nitrogens is 5. The molecule has 2 saturated carbocycles. The van der Waals surface area contributed by atoms with E-state index in [1.165, 1.54) is 51.4 Å². The van der Waals surface area contributed by atoms with Crippen molar-refractivity contribution >= 4 is 23.6 Å². The van der Waals surface area contributed by atoms with Crippen LogP contribution < -0.4 is 27.0 Å². The molecule has 2 aromatic rings. The van der Waals surface area contributed by atoms with E-state index in [0.29, 0.717) is 44.5 Å². The number of aryl methyl sites for hydroxylation is 1. The van der Waals surface area contributed by atoms with Crippen LogP contribution in [0.15, 0.2) is 18.5 Å². The van der Waals surface area contributed by atoms with Crippen molar-refractivity contribution in [1.29, 1.82) is 0 Å². The first-order valence-electron chi connectivity index (χ1n) is 19.4. The van der Waals surface area contributed by atoms with Crippen molar-refractivity contribution in [2.75, 3.05) is 50.0 Å². The van der Waals surface area contributed by atoms with Gasteiger partial charge in [0.05, 0.1) is 19.3 Å². The van der Waals surface area contributed by atoms with Crippen LogP contribution in [-0.2, 0) is 27.4 Å². The van der Waals surface area contributed by atoms with Crippen LogP contribution in [0.3, 0.4) is 0 Å². The first-order chi connectivity index (χ1) is 24.5. The second kappa shape index (κ2) is 21.1. The lowest BCUT2D eigenvalue weighted by molar-refractivity contribution is -0.147. The minimum Gasteiger partial charge on any atom is -0.464 e. The topological polar surface area (TPSA) is 177 Å².